The molecule has 0 aromatic heterocycles. The van der Waals surface area contributed by atoms with Crippen LogP contribution in [-0.4, -0.2) is 82.5 Å². The third-order valence-electron chi connectivity index (χ3n) is 5.67. The van der Waals surface area contributed by atoms with E-state index >= 15 is 0 Å². The van der Waals surface area contributed by atoms with Crippen LogP contribution in [0.25, 0.3) is 0 Å². The van der Waals surface area contributed by atoms with E-state index in [4.69, 9.17) is 28.0 Å². The lowest BCUT2D eigenvalue weighted by atomic mass is 9.96. The molecule has 0 bridgehead atoms. The SMILES string of the molecule is CCC(C)C(NC(=O)C(N)CCC(=O)O)C(=O)NC(CCCN=C(N)N)C(=O)NC(CCC(N)=O)C(=O)O. The average Bonchev–Trinajstić information content (AvgIpc) is 2.83. The maximum atomic E-state index is 13.2. The Balaban J connectivity index is 5.69. The van der Waals surface area contributed by atoms with E-state index < -0.39 is 65.7 Å². The number of carbonyl (C=O) groups is 6. The van der Waals surface area contributed by atoms with Crippen molar-refractivity contribution in [1.82, 2.24) is 16.0 Å². The number of nitrogens with zero attached hydrogens (tertiary/aromatic N) is 1. The second-order valence-electron chi connectivity index (χ2n) is 8.83. The standard InChI is InChI=1S/C22H40N8O8/c1-3-11(2)17(30-18(34)12(23)6-9-16(32)33)20(36)28-13(5-4-10-27-22(25)26)19(35)29-14(21(37)38)7-8-15(24)31/h11-14,17H,3-10,23H2,1-2H3,(H2,24,31)(H,28,36)(H,29,35)(H,30,34)(H,32,33)(H,37,38)(H4,25,26,27). The fourth-order valence-corrected chi connectivity index (χ4v) is 3.22. The summed E-state index contributed by atoms with van der Waals surface area (Å²) < 4.78 is 0. The Morgan fingerprint density at radius 3 is 1.92 bits per heavy atom. The van der Waals surface area contributed by atoms with Crippen molar-refractivity contribution in [2.75, 3.05) is 6.54 Å². The summed E-state index contributed by atoms with van der Waals surface area (Å²) in [4.78, 5) is 75.8. The summed E-state index contributed by atoms with van der Waals surface area (Å²) in [5, 5.41) is 25.5. The number of carboxylic acid groups (broad SMARTS) is 2. The number of aliphatic imine (C=N–C) groups is 1. The number of nitrogens with two attached hydrogens (primary N) is 4. The number of carboxylic acids is 2. The molecule has 0 heterocycles. The van der Waals surface area contributed by atoms with Gasteiger partial charge in [0.1, 0.15) is 18.1 Å². The molecule has 0 aliphatic heterocycles. The first-order valence-electron chi connectivity index (χ1n) is 12.1. The summed E-state index contributed by atoms with van der Waals surface area (Å²) in [6.07, 6.45) is -0.335. The summed E-state index contributed by atoms with van der Waals surface area (Å²) in [5.41, 5.74) is 21.4. The number of hydrogen-bond donors (Lipinski definition) is 9. The molecule has 5 unspecified atom stereocenters. The van der Waals surface area contributed by atoms with Crippen LogP contribution in [0.5, 0.6) is 0 Å². The number of primary amides is 1. The second kappa shape index (κ2) is 17.5. The van der Waals surface area contributed by atoms with E-state index in [-0.39, 0.29) is 51.0 Å². The third kappa shape index (κ3) is 14.0. The van der Waals surface area contributed by atoms with E-state index in [1.54, 1.807) is 13.8 Å². The summed E-state index contributed by atoms with van der Waals surface area (Å²) in [7, 11) is 0. The number of hydrogen-bond acceptors (Lipinski definition) is 8. The topological polar surface area (TPSA) is 295 Å². The molecule has 16 heteroatoms. The molecule has 0 aliphatic rings. The third-order valence-corrected chi connectivity index (χ3v) is 5.67. The van der Waals surface area contributed by atoms with Crippen LogP contribution in [0, 0.1) is 5.92 Å². The first-order valence-corrected chi connectivity index (χ1v) is 12.1. The van der Waals surface area contributed by atoms with E-state index in [9.17, 15) is 33.9 Å². The summed E-state index contributed by atoms with van der Waals surface area (Å²) in [5.74, 6) is -6.17. The molecule has 0 rings (SSSR count). The van der Waals surface area contributed by atoms with Crippen LogP contribution in [0.2, 0.25) is 0 Å². The Bertz CT molecular complexity index is 877. The van der Waals surface area contributed by atoms with Gasteiger partial charge in [0, 0.05) is 19.4 Å². The van der Waals surface area contributed by atoms with Gasteiger partial charge in [-0.25, -0.2) is 4.79 Å². The maximum Gasteiger partial charge on any atom is 0.326 e. The predicted octanol–water partition coefficient (Wildman–Crippen LogP) is -2.92. The van der Waals surface area contributed by atoms with Gasteiger partial charge in [0.25, 0.3) is 0 Å². The average molecular weight is 545 g/mol. The van der Waals surface area contributed by atoms with E-state index in [0.717, 1.165) is 0 Å². The Labute approximate surface area is 220 Å². The Hall–Kier alpha value is -3.95. The van der Waals surface area contributed by atoms with E-state index in [1.165, 1.54) is 0 Å². The van der Waals surface area contributed by atoms with Crippen molar-refractivity contribution in [2.45, 2.75) is 83.0 Å². The molecule has 0 radical (unpaired) electrons. The summed E-state index contributed by atoms with van der Waals surface area (Å²) in [6, 6.07) is -4.98. The lowest BCUT2D eigenvalue weighted by molar-refractivity contribution is -0.143. The molecule has 13 N–H and O–H groups in total. The normalized spacial score (nSPS) is 14.6. The van der Waals surface area contributed by atoms with Gasteiger partial charge < -0.3 is 49.1 Å². The van der Waals surface area contributed by atoms with Gasteiger partial charge >= 0.3 is 11.9 Å². The zero-order chi connectivity index (χ0) is 29.4. The predicted molar refractivity (Wildman–Crippen MR) is 136 cm³/mol. The van der Waals surface area contributed by atoms with Crippen molar-refractivity contribution in [3.8, 4) is 0 Å². The first-order chi connectivity index (χ1) is 17.7. The van der Waals surface area contributed by atoms with Crippen LogP contribution in [0.15, 0.2) is 4.99 Å². The molecular weight excluding hydrogens is 504 g/mol. The quantitative estimate of drug-likeness (QED) is 0.0450. The Morgan fingerprint density at radius 1 is 0.816 bits per heavy atom. The minimum atomic E-state index is -1.44. The monoisotopic (exact) mass is 544 g/mol. The van der Waals surface area contributed by atoms with Crippen molar-refractivity contribution in [2.24, 2.45) is 33.8 Å². The largest absolute Gasteiger partial charge is 0.481 e. The molecule has 0 aliphatic carbocycles. The zero-order valence-electron chi connectivity index (χ0n) is 21.6. The number of aliphatic carboxylic acids is 2. The van der Waals surface area contributed by atoms with Gasteiger partial charge in [-0.3, -0.25) is 29.0 Å². The molecule has 38 heavy (non-hydrogen) atoms. The van der Waals surface area contributed by atoms with Crippen LogP contribution < -0.4 is 38.9 Å². The van der Waals surface area contributed by atoms with Gasteiger partial charge in [0.2, 0.25) is 23.6 Å². The van der Waals surface area contributed by atoms with Crippen molar-refractivity contribution < 1.29 is 39.0 Å². The smallest absolute Gasteiger partial charge is 0.326 e. The highest BCUT2D eigenvalue weighted by atomic mass is 16.4. The molecule has 0 saturated heterocycles. The van der Waals surface area contributed by atoms with Gasteiger partial charge in [0.05, 0.1) is 6.04 Å². The molecule has 0 spiro atoms. The lowest BCUT2D eigenvalue weighted by Crippen LogP contribution is -2.58. The van der Waals surface area contributed by atoms with Gasteiger partial charge in [0.15, 0.2) is 5.96 Å². The molecule has 0 saturated carbocycles. The van der Waals surface area contributed by atoms with E-state index in [1.807, 2.05) is 0 Å². The zero-order valence-corrected chi connectivity index (χ0v) is 21.6. The summed E-state index contributed by atoms with van der Waals surface area (Å²) in [6.45, 7) is 3.58. The van der Waals surface area contributed by atoms with Crippen LogP contribution in [0.3, 0.4) is 0 Å². The van der Waals surface area contributed by atoms with Crippen molar-refractivity contribution >= 4 is 41.5 Å². The number of rotatable bonds is 19. The number of nitrogens with one attached hydrogen (secondary N) is 3. The number of guanidine groups is 1. The Morgan fingerprint density at radius 2 is 1.42 bits per heavy atom. The van der Waals surface area contributed by atoms with E-state index in [0.29, 0.717) is 6.42 Å². The lowest BCUT2D eigenvalue weighted by Gasteiger charge is -2.28. The highest BCUT2D eigenvalue weighted by Gasteiger charge is 2.32. The molecule has 16 nitrogen and oxygen atoms in total. The second-order valence-corrected chi connectivity index (χ2v) is 8.83. The molecule has 216 valence electrons. The van der Waals surface area contributed by atoms with Gasteiger partial charge in [-0.2, -0.15) is 0 Å². The van der Waals surface area contributed by atoms with Crippen LogP contribution in [0.4, 0.5) is 0 Å². The fraction of sp³-hybridized carbons (Fsp3) is 0.682. The maximum absolute atomic E-state index is 13.2. The van der Waals surface area contributed by atoms with Gasteiger partial charge in [-0.05, 0) is 31.6 Å². The molecule has 0 fully saturated rings. The molecule has 0 aromatic carbocycles. The van der Waals surface area contributed by atoms with Gasteiger partial charge in [-0.1, -0.05) is 20.3 Å². The highest BCUT2D eigenvalue weighted by molar-refractivity contribution is 5.94. The minimum absolute atomic E-state index is 0.00973. The van der Waals surface area contributed by atoms with E-state index in [2.05, 4.69) is 20.9 Å². The van der Waals surface area contributed by atoms with Crippen LogP contribution >= 0.6 is 0 Å². The van der Waals surface area contributed by atoms with Crippen LogP contribution in [-0.2, 0) is 28.8 Å². The van der Waals surface area contributed by atoms with Crippen molar-refractivity contribution in [3.05, 3.63) is 0 Å². The first kappa shape index (κ1) is 34.0. The van der Waals surface area contributed by atoms with Crippen molar-refractivity contribution in [1.29, 1.82) is 0 Å². The highest BCUT2D eigenvalue weighted by Crippen LogP contribution is 2.11. The molecule has 5 atom stereocenters. The minimum Gasteiger partial charge on any atom is -0.481 e. The van der Waals surface area contributed by atoms with Crippen LogP contribution in [0.1, 0.15) is 58.8 Å². The van der Waals surface area contributed by atoms with Crippen molar-refractivity contribution in [3.63, 3.8) is 0 Å². The van der Waals surface area contributed by atoms with Gasteiger partial charge in [-0.15, -0.1) is 0 Å². The molecule has 4 amide bonds. The summed E-state index contributed by atoms with van der Waals surface area (Å²) >= 11 is 0. The number of amides is 4. The molecular formula is C22H40N8O8. The number of carbonyl (C=O) groups excluding carboxylic acids is 4. The Kier molecular flexibility index (Phi) is 15.7. The fourth-order valence-electron chi connectivity index (χ4n) is 3.22. The molecule has 0 aromatic rings.